The van der Waals surface area contributed by atoms with Gasteiger partial charge in [-0.15, -0.1) is 0 Å². The monoisotopic (exact) mass is 350 g/mol. The SMILES string of the molecule is CN(Cc1ccccc1)C(=O)CC(=O)Nc1ccc(Cl)cc1Cl. The fourth-order valence-corrected chi connectivity index (χ4v) is 2.46. The molecule has 0 fully saturated rings. The third-order valence-corrected chi connectivity index (χ3v) is 3.75. The lowest BCUT2D eigenvalue weighted by atomic mass is 10.2. The molecule has 4 nitrogen and oxygen atoms in total. The summed E-state index contributed by atoms with van der Waals surface area (Å²) in [6.45, 7) is 0.453. The second kappa shape index (κ2) is 7.99. The average Bonchev–Trinajstić information content (AvgIpc) is 2.51. The second-order valence-electron chi connectivity index (χ2n) is 5.08. The van der Waals surface area contributed by atoms with Crippen LogP contribution in [0.4, 0.5) is 5.69 Å². The molecular weight excluding hydrogens is 335 g/mol. The number of nitrogens with zero attached hydrogens (tertiary/aromatic N) is 1. The van der Waals surface area contributed by atoms with Gasteiger partial charge in [-0.25, -0.2) is 0 Å². The van der Waals surface area contributed by atoms with Crippen LogP contribution in [0.1, 0.15) is 12.0 Å². The second-order valence-corrected chi connectivity index (χ2v) is 5.93. The van der Waals surface area contributed by atoms with E-state index in [0.717, 1.165) is 5.56 Å². The van der Waals surface area contributed by atoms with Gasteiger partial charge in [-0.05, 0) is 23.8 Å². The smallest absolute Gasteiger partial charge is 0.233 e. The number of benzene rings is 2. The first kappa shape index (κ1) is 17.3. The van der Waals surface area contributed by atoms with E-state index in [1.807, 2.05) is 30.3 Å². The molecular formula is C17H16Cl2N2O2. The minimum absolute atomic E-state index is 0.248. The van der Waals surface area contributed by atoms with Gasteiger partial charge in [0, 0.05) is 18.6 Å². The zero-order valence-electron chi connectivity index (χ0n) is 12.6. The quantitative estimate of drug-likeness (QED) is 0.829. The number of carbonyl (C=O) groups is 2. The minimum Gasteiger partial charge on any atom is -0.341 e. The summed E-state index contributed by atoms with van der Waals surface area (Å²) in [4.78, 5) is 25.6. The summed E-state index contributed by atoms with van der Waals surface area (Å²) >= 11 is 11.8. The Morgan fingerprint density at radius 2 is 1.78 bits per heavy atom. The molecule has 2 amide bonds. The number of carbonyl (C=O) groups excluding carboxylic acids is 2. The standard InChI is InChI=1S/C17H16Cl2N2O2/c1-21(11-12-5-3-2-4-6-12)17(23)10-16(22)20-15-8-7-13(18)9-14(15)19/h2-9H,10-11H2,1H3,(H,20,22). The first-order chi connectivity index (χ1) is 11.0. The van der Waals surface area contributed by atoms with Crippen LogP contribution in [0.3, 0.4) is 0 Å². The summed E-state index contributed by atoms with van der Waals surface area (Å²) in [5.41, 5.74) is 1.43. The van der Waals surface area contributed by atoms with Gasteiger partial charge in [-0.2, -0.15) is 0 Å². The average molecular weight is 351 g/mol. The van der Waals surface area contributed by atoms with Crippen molar-refractivity contribution in [2.45, 2.75) is 13.0 Å². The third kappa shape index (κ3) is 5.27. The van der Waals surface area contributed by atoms with Crippen LogP contribution in [0.2, 0.25) is 10.0 Å². The Bertz CT molecular complexity index is 705. The minimum atomic E-state index is -0.417. The van der Waals surface area contributed by atoms with Gasteiger partial charge in [-0.3, -0.25) is 9.59 Å². The number of anilines is 1. The Morgan fingerprint density at radius 3 is 2.43 bits per heavy atom. The maximum atomic E-state index is 12.1. The van der Waals surface area contributed by atoms with Crippen molar-refractivity contribution in [2.75, 3.05) is 12.4 Å². The van der Waals surface area contributed by atoms with Crippen LogP contribution in [0.5, 0.6) is 0 Å². The van der Waals surface area contributed by atoms with E-state index in [1.54, 1.807) is 19.2 Å². The predicted molar refractivity (Wildman–Crippen MR) is 92.6 cm³/mol. The molecule has 0 aliphatic rings. The molecule has 0 heterocycles. The van der Waals surface area contributed by atoms with Crippen molar-refractivity contribution in [3.8, 4) is 0 Å². The number of hydrogen-bond acceptors (Lipinski definition) is 2. The predicted octanol–water partition coefficient (Wildman–Crippen LogP) is 3.98. The molecule has 120 valence electrons. The molecule has 2 aromatic rings. The van der Waals surface area contributed by atoms with E-state index in [0.29, 0.717) is 22.3 Å². The fraction of sp³-hybridized carbons (Fsp3) is 0.176. The molecule has 0 aromatic heterocycles. The molecule has 23 heavy (non-hydrogen) atoms. The fourth-order valence-electron chi connectivity index (χ4n) is 2.00. The van der Waals surface area contributed by atoms with E-state index >= 15 is 0 Å². The van der Waals surface area contributed by atoms with Crippen LogP contribution >= 0.6 is 23.2 Å². The highest BCUT2D eigenvalue weighted by Crippen LogP contribution is 2.25. The van der Waals surface area contributed by atoms with Crippen molar-refractivity contribution in [1.29, 1.82) is 0 Å². The maximum Gasteiger partial charge on any atom is 0.233 e. The van der Waals surface area contributed by atoms with Crippen LogP contribution in [-0.4, -0.2) is 23.8 Å². The van der Waals surface area contributed by atoms with Gasteiger partial charge in [0.25, 0.3) is 0 Å². The van der Waals surface area contributed by atoms with Crippen LogP contribution in [0.15, 0.2) is 48.5 Å². The normalized spacial score (nSPS) is 10.2. The van der Waals surface area contributed by atoms with Gasteiger partial charge in [-0.1, -0.05) is 53.5 Å². The molecule has 0 bridgehead atoms. The molecule has 0 radical (unpaired) electrons. The highest BCUT2D eigenvalue weighted by atomic mass is 35.5. The molecule has 0 atom stereocenters. The molecule has 0 spiro atoms. The zero-order chi connectivity index (χ0) is 16.8. The number of rotatable bonds is 5. The van der Waals surface area contributed by atoms with E-state index in [4.69, 9.17) is 23.2 Å². The van der Waals surface area contributed by atoms with E-state index in [-0.39, 0.29) is 12.3 Å². The Morgan fingerprint density at radius 1 is 1.09 bits per heavy atom. The van der Waals surface area contributed by atoms with Crippen molar-refractivity contribution in [2.24, 2.45) is 0 Å². The molecule has 0 aliphatic carbocycles. The third-order valence-electron chi connectivity index (χ3n) is 3.21. The Hall–Kier alpha value is -2.04. The van der Waals surface area contributed by atoms with Crippen LogP contribution < -0.4 is 5.32 Å². The molecule has 0 saturated carbocycles. The highest BCUT2D eigenvalue weighted by Gasteiger charge is 2.15. The topological polar surface area (TPSA) is 49.4 Å². The number of halogens is 2. The largest absolute Gasteiger partial charge is 0.341 e. The van der Waals surface area contributed by atoms with E-state index in [9.17, 15) is 9.59 Å². The number of amides is 2. The lowest BCUT2D eigenvalue weighted by Gasteiger charge is -2.17. The zero-order valence-corrected chi connectivity index (χ0v) is 14.1. The summed E-state index contributed by atoms with van der Waals surface area (Å²) in [6, 6.07) is 14.3. The van der Waals surface area contributed by atoms with Crippen LogP contribution in [0.25, 0.3) is 0 Å². The molecule has 1 N–H and O–H groups in total. The Labute approximate surface area is 145 Å². The van der Waals surface area contributed by atoms with Gasteiger partial charge >= 0.3 is 0 Å². The Kier molecular flexibility index (Phi) is 6.02. The van der Waals surface area contributed by atoms with E-state index in [2.05, 4.69) is 5.32 Å². The van der Waals surface area contributed by atoms with Gasteiger partial charge in [0.2, 0.25) is 11.8 Å². The molecule has 0 saturated heterocycles. The van der Waals surface area contributed by atoms with Gasteiger partial charge in [0.15, 0.2) is 0 Å². The summed E-state index contributed by atoms with van der Waals surface area (Å²) in [6.07, 6.45) is -0.248. The van der Waals surface area contributed by atoms with Crippen molar-refractivity contribution in [3.05, 3.63) is 64.1 Å². The molecule has 0 unspecified atom stereocenters. The van der Waals surface area contributed by atoms with Crippen LogP contribution in [-0.2, 0) is 16.1 Å². The van der Waals surface area contributed by atoms with Gasteiger partial charge in [0.05, 0.1) is 10.7 Å². The first-order valence-corrected chi connectivity index (χ1v) is 7.74. The highest BCUT2D eigenvalue weighted by molar-refractivity contribution is 6.36. The van der Waals surface area contributed by atoms with Gasteiger partial charge < -0.3 is 10.2 Å². The van der Waals surface area contributed by atoms with Gasteiger partial charge in [0.1, 0.15) is 6.42 Å². The van der Waals surface area contributed by atoms with Crippen molar-refractivity contribution >= 4 is 40.7 Å². The summed E-state index contributed by atoms with van der Waals surface area (Å²) in [7, 11) is 1.66. The van der Waals surface area contributed by atoms with E-state index < -0.39 is 5.91 Å². The molecule has 2 aromatic carbocycles. The lowest BCUT2D eigenvalue weighted by Crippen LogP contribution is -2.30. The van der Waals surface area contributed by atoms with Crippen molar-refractivity contribution < 1.29 is 9.59 Å². The van der Waals surface area contributed by atoms with E-state index in [1.165, 1.54) is 11.0 Å². The lowest BCUT2D eigenvalue weighted by molar-refractivity contribution is -0.133. The number of hydrogen-bond donors (Lipinski definition) is 1. The van der Waals surface area contributed by atoms with Crippen molar-refractivity contribution in [3.63, 3.8) is 0 Å². The summed E-state index contributed by atoms with van der Waals surface area (Å²) in [5, 5.41) is 3.42. The van der Waals surface area contributed by atoms with Crippen LogP contribution in [0, 0.1) is 0 Å². The first-order valence-electron chi connectivity index (χ1n) is 6.98. The molecule has 6 heteroatoms. The summed E-state index contributed by atoms with van der Waals surface area (Å²) < 4.78 is 0. The van der Waals surface area contributed by atoms with Crippen molar-refractivity contribution in [1.82, 2.24) is 4.90 Å². The Balaban J connectivity index is 1.90. The molecule has 0 aliphatic heterocycles. The number of nitrogens with one attached hydrogen (secondary N) is 1. The molecule has 2 rings (SSSR count). The maximum absolute atomic E-state index is 12.1. The summed E-state index contributed by atoms with van der Waals surface area (Å²) in [5.74, 6) is -0.685.